The molecule has 0 saturated heterocycles. The van der Waals surface area contributed by atoms with Crippen LogP contribution in [0.3, 0.4) is 0 Å². The highest BCUT2D eigenvalue weighted by molar-refractivity contribution is 7.99. The van der Waals surface area contributed by atoms with Crippen molar-refractivity contribution in [3.8, 4) is 0 Å². The SMILES string of the molecule is C=CCSc1ccc(N(C)C)n1C(C)C. The van der Waals surface area contributed by atoms with Gasteiger partial charge in [-0.1, -0.05) is 6.08 Å². The van der Waals surface area contributed by atoms with Gasteiger partial charge in [-0.2, -0.15) is 0 Å². The Labute approximate surface area is 97.0 Å². The first kappa shape index (κ1) is 12.2. The molecule has 0 N–H and O–H groups in total. The van der Waals surface area contributed by atoms with Gasteiger partial charge in [0.05, 0.1) is 5.03 Å². The molecule has 0 spiro atoms. The Morgan fingerprint density at radius 1 is 1.47 bits per heavy atom. The summed E-state index contributed by atoms with van der Waals surface area (Å²) in [6.45, 7) is 8.18. The number of aromatic nitrogens is 1. The summed E-state index contributed by atoms with van der Waals surface area (Å²) in [6.07, 6.45) is 1.94. The summed E-state index contributed by atoms with van der Waals surface area (Å²) in [5.41, 5.74) is 0. The highest BCUT2D eigenvalue weighted by atomic mass is 32.2. The maximum absolute atomic E-state index is 3.75. The van der Waals surface area contributed by atoms with Crippen LogP contribution in [0.4, 0.5) is 5.82 Å². The second-order valence-corrected chi connectivity index (χ2v) is 5.03. The lowest BCUT2D eigenvalue weighted by Gasteiger charge is -2.21. The number of thioether (sulfide) groups is 1. The van der Waals surface area contributed by atoms with Gasteiger partial charge in [-0.05, 0) is 26.0 Å². The first-order valence-corrected chi connectivity index (χ1v) is 6.18. The third kappa shape index (κ3) is 2.81. The molecular weight excluding hydrogens is 204 g/mol. The fraction of sp³-hybridized carbons (Fsp3) is 0.500. The molecular formula is C12H20N2S. The fourth-order valence-corrected chi connectivity index (χ4v) is 2.46. The van der Waals surface area contributed by atoms with Crippen molar-refractivity contribution in [3.05, 3.63) is 24.8 Å². The maximum atomic E-state index is 3.75. The van der Waals surface area contributed by atoms with Crippen LogP contribution in [0, 0.1) is 0 Å². The van der Waals surface area contributed by atoms with E-state index in [1.54, 1.807) is 0 Å². The van der Waals surface area contributed by atoms with Crippen LogP contribution in [-0.2, 0) is 0 Å². The third-order valence-electron chi connectivity index (χ3n) is 2.18. The van der Waals surface area contributed by atoms with Gasteiger partial charge in [-0.15, -0.1) is 18.3 Å². The first-order chi connectivity index (χ1) is 7.07. The monoisotopic (exact) mass is 224 g/mol. The predicted octanol–water partition coefficient (Wildman–Crippen LogP) is 3.41. The predicted molar refractivity (Wildman–Crippen MR) is 70.1 cm³/mol. The van der Waals surface area contributed by atoms with E-state index < -0.39 is 0 Å². The summed E-state index contributed by atoms with van der Waals surface area (Å²) in [7, 11) is 4.16. The average Bonchev–Trinajstić information content (AvgIpc) is 2.58. The standard InChI is InChI=1S/C12H20N2S/c1-6-9-15-12-8-7-11(13(4)5)14(12)10(2)3/h6-8,10H,1,9H2,2-5H3. The number of hydrogen-bond donors (Lipinski definition) is 0. The van der Waals surface area contributed by atoms with Gasteiger partial charge in [-0.25, -0.2) is 0 Å². The van der Waals surface area contributed by atoms with E-state index in [1.807, 2.05) is 17.8 Å². The molecule has 1 heterocycles. The maximum Gasteiger partial charge on any atom is 0.109 e. The molecule has 0 fully saturated rings. The zero-order valence-corrected chi connectivity index (χ0v) is 10.8. The zero-order chi connectivity index (χ0) is 11.4. The lowest BCUT2D eigenvalue weighted by Crippen LogP contribution is -2.16. The van der Waals surface area contributed by atoms with E-state index in [0.717, 1.165) is 5.75 Å². The molecule has 0 amide bonds. The number of nitrogens with zero attached hydrogens (tertiary/aromatic N) is 2. The number of rotatable bonds is 5. The smallest absolute Gasteiger partial charge is 0.109 e. The second-order valence-electron chi connectivity index (χ2n) is 3.99. The van der Waals surface area contributed by atoms with Crippen LogP contribution in [0.5, 0.6) is 0 Å². The molecule has 2 nitrogen and oxygen atoms in total. The van der Waals surface area contributed by atoms with Crippen LogP contribution in [0.1, 0.15) is 19.9 Å². The Hall–Kier alpha value is -0.830. The molecule has 0 aromatic carbocycles. The largest absolute Gasteiger partial charge is 0.364 e. The molecule has 0 unspecified atom stereocenters. The summed E-state index contributed by atoms with van der Waals surface area (Å²) < 4.78 is 2.36. The summed E-state index contributed by atoms with van der Waals surface area (Å²) in [5.74, 6) is 2.22. The zero-order valence-electron chi connectivity index (χ0n) is 10.0. The Morgan fingerprint density at radius 2 is 2.13 bits per heavy atom. The highest BCUT2D eigenvalue weighted by Crippen LogP contribution is 2.29. The summed E-state index contributed by atoms with van der Waals surface area (Å²) in [6, 6.07) is 4.85. The van der Waals surface area contributed by atoms with Crippen molar-refractivity contribution in [1.82, 2.24) is 4.57 Å². The van der Waals surface area contributed by atoms with Crippen LogP contribution in [0.25, 0.3) is 0 Å². The lowest BCUT2D eigenvalue weighted by atomic mass is 10.4. The molecule has 84 valence electrons. The molecule has 0 aliphatic carbocycles. The third-order valence-corrected chi connectivity index (χ3v) is 3.21. The van der Waals surface area contributed by atoms with Crippen molar-refractivity contribution < 1.29 is 0 Å². The van der Waals surface area contributed by atoms with Crippen LogP contribution >= 0.6 is 11.8 Å². The molecule has 1 aromatic heterocycles. The topological polar surface area (TPSA) is 8.17 Å². The first-order valence-electron chi connectivity index (χ1n) is 5.20. The van der Waals surface area contributed by atoms with Crippen LogP contribution in [-0.4, -0.2) is 24.4 Å². The molecule has 0 atom stereocenters. The summed E-state index contributed by atoms with van der Waals surface area (Å²) >= 11 is 1.83. The van der Waals surface area contributed by atoms with Gasteiger partial charge in [0, 0.05) is 25.9 Å². The molecule has 3 heteroatoms. The normalized spacial score (nSPS) is 10.7. The molecule has 1 rings (SSSR count). The lowest BCUT2D eigenvalue weighted by molar-refractivity contribution is 0.561. The number of anilines is 1. The Kier molecular flexibility index (Phi) is 4.33. The van der Waals surface area contributed by atoms with Gasteiger partial charge in [0.15, 0.2) is 0 Å². The van der Waals surface area contributed by atoms with E-state index in [0.29, 0.717) is 6.04 Å². The minimum absolute atomic E-state index is 0.490. The Balaban J connectivity index is 3.00. The van der Waals surface area contributed by atoms with Gasteiger partial charge >= 0.3 is 0 Å². The summed E-state index contributed by atoms with van der Waals surface area (Å²) in [5, 5.41) is 1.31. The Bertz CT molecular complexity index is 326. The van der Waals surface area contributed by atoms with Gasteiger partial charge in [0.25, 0.3) is 0 Å². The molecule has 0 bridgehead atoms. The van der Waals surface area contributed by atoms with E-state index >= 15 is 0 Å². The van der Waals surface area contributed by atoms with E-state index in [1.165, 1.54) is 10.8 Å². The van der Waals surface area contributed by atoms with Crippen molar-refractivity contribution in [2.75, 3.05) is 24.7 Å². The van der Waals surface area contributed by atoms with Crippen molar-refractivity contribution in [2.24, 2.45) is 0 Å². The quantitative estimate of drug-likeness (QED) is 0.559. The average molecular weight is 224 g/mol. The molecule has 15 heavy (non-hydrogen) atoms. The minimum atomic E-state index is 0.490. The highest BCUT2D eigenvalue weighted by Gasteiger charge is 2.11. The number of hydrogen-bond acceptors (Lipinski definition) is 2. The van der Waals surface area contributed by atoms with Gasteiger partial charge in [-0.3, -0.25) is 0 Å². The second kappa shape index (κ2) is 5.31. The van der Waals surface area contributed by atoms with E-state index in [9.17, 15) is 0 Å². The van der Waals surface area contributed by atoms with E-state index in [2.05, 4.69) is 56.1 Å². The summed E-state index contributed by atoms with van der Waals surface area (Å²) in [4.78, 5) is 2.15. The van der Waals surface area contributed by atoms with Crippen LogP contribution in [0.15, 0.2) is 29.8 Å². The van der Waals surface area contributed by atoms with Gasteiger partial charge < -0.3 is 9.47 Å². The molecule has 1 aromatic rings. The van der Waals surface area contributed by atoms with Crippen molar-refractivity contribution in [3.63, 3.8) is 0 Å². The van der Waals surface area contributed by atoms with Crippen molar-refractivity contribution >= 4 is 17.6 Å². The molecule has 0 aliphatic heterocycles. The van der Waals surface area contributed by atoms with E-state index in [4.69, 9.17) is 0 Å². The molecule has 0 radical (unpaired) electrons. The van der Waals surface area contributed by atoms with E-state index in [-0.39, 0.29) is 0 Å². The minimum Gasteiger partial charge on any atom is -0.364 e. The van der Waals surface area contributed by atoms with Gasteiger partial charge in [0.1, 0.15) is 5.82 Å². The Morgan fingerprint density at radius 3 is 2.60 bits per heavy atom. The van der Waals surface area contributed by atoms with Crippen LogP contribution in [0.2, 0.25) is 0 Å². The molecule has 0 saturated carbocycles. The van der Waals surface area contributed by atoms with Crippen LogP contribution < -0.4 is 4.90 Å². The van der Waals surface area contributed by atoms with Gasteiger partial charge in [0.2, 0.25) is 0 Å². The molecule has 0 aliphatic rings. The van der Waals surface area contributed by atoms with Crippen molar-refractivity contribution in [1.29, 1.82) is 0 Å². The fourth-order valence-electron chi connectivity index (χ4n) is 1.56. The van der Waals surface area contributed by atoms with Crippen molar-refractivity contribution in [2.45, 2.75) is 24.9 Å².